The topological polar surface area (TPSA) is 49.7 Å². The van der Waals surface area contributed by atoms with E-state index in [9.17, 15) is 9.90 Å². The lowest BCUT2D eigenvalue weighted by Gasteiger charge is -2.27. The Hall–Kier alpha value is -1.44. The van der Waals surface area contributed by atoms with Crippen LogP contribution in [0.15, 0.2) is 29.3 Å². The lowest BCUT2D eigenvalue weighted by atomic mass is 9.81. The fourth-order valence-electron chi connectivity index (χ4n) is 2.83. The summed E-state index contributed by atoms with van der Waals surface area (Å²) in [4.78, 5) is 14.9. The molecule has 0 aliphatic heterocycles. The SMILES string of the molecule is CC(C)(CO)c1cccc(C2(N=C=O)CCCC2)c1. The number of aliphatic hydroxyl groups excluding tert-OH is 1. The second-order valence-corrected chi connectivity index (χ2v) is 6.06. The van der Waals surface area contributed by atoms with Gasteiger partial charge in [-0.25, -0.2) is 4.79 Å². The average Bonchev–Trinajstić information content (AvgIpc) is 2.89. The Morgan fingerprint density at radius 1 is 1.37 bits per heavy atom. The van der Waals surface area contributed by atoms with Crippen LogP contribution in [-0.4, -0.2) is 17.8 Å². The van der Waals surface area contributed by atoms with Crippen molar-refractivity contribution >= 4 is 6.08 Å². The minimum absolute atomic E-state index is 0.0976. The maximum Gasteiger partial charge on any atom is 0.235 e. The number of carbonyl (C=O) groups excluding carboxylic acids is 1. The molecule has 102 valence electrons. The number of hydrogen-bond acceptors (Lipinski definition) is 3. The zero-order valence-electron chi connectivity index (χ0n) is 11.6. The highest BCUT2D eigenvalue weighted by Crippen LogP contribution is 2.42. The van der Waals surface area contributed by atoms with E-state index in [1.54, 1.807) is 6.08 Å². The molecule has 0 unspecified atom stereocenters. The van der Waals surface area contributed by atoms with Gasteiger partial charge in [-0.15, -0.1) is 0 Å². The van der Waals surface area contributed by atoms with Gasteiger partial charge >= 0.3 is 0 Å². The second kappa shape index (κ2) is 5.28. The fourth-order valence-corrected chi connectivity index (χ4v) is 2.83. The van der Waals surface area contributed by atoms with Crippen molar-refractivity contribution in [2.75, 3.05) is 6.61 Å². The van der Waals surface area contributed by atoms with Crippen LogP contribution in [0.5, 0.6) is 0 Å². The number of aliphatic imine (C=N–C) groups is 1. The molecule has 1 N–H and O–H groups in total. The Morgan fingerprint density at radius 2 is 2.05 bits per heavy atom. The van der Waals surface area contributed by atoms with Crippen LogP contribution in [0.1, 0.15) is 50.7 Å². The summed E-state index contributed by atoms with van der Waals surface area (Å²) in [7, 11) is 0. The molecule has 1 aromatic carbocycles. The van der Waals surface area contributed by atoms with E-state index in [2.05, 4.69) is 11.1 Å². The monoisotopic (exact) mass is 259 g/mol. The van der Waals surface area contributed by atoms with Gasteiger partial charge in [-0.2, -0.15) is 4.99 Å². The highest BCUT2D eigenvalue weighted by atomic mass is 16.3. The highest BCUT2D eigenvalue weighted by molar-refractivity contribution is 5.40. The first kappa shape index (κ1) is 14.0. The number of benzene rings is 1. The number of rotatable bonds is 4. The number of nitrogens with zero attached hydrogens (tertiary/aromatic N) is 1. The van der Waals surface area contributed by atoms with Crippen molar-refractivity contribution < 1.29 is 9.90 Å². The van der Waals surface area contributed by atoms with Crippen LogP contribution in [-0.2, 0) is 15.7 Å². The molecule has 1 aromatic rings. The summed E-state index contributed by atoms with van der Waals surface area (Å²) >= 11 is 0. The van der Waals surface area contributed by atoms with E-state index >= 15 is 0 Å². The molecule has 0 atom stereocenters. The molecule has 0 radical (unpaired) electrons. The summed E-state index contributed by atoms with van der Waals surface area (Å²) in [6.07, 6.45) is 5.75. The molecule has 0 saturated heterocycles. The Kier molecular flexibility index (Phi) is 3.88. The average molecular weight is 259 g/mol. The van der Waals surface area contributed by atoms with Gasteiger partial charge in [-0.1, -0.05) is 51.0 Å². The van der Waals surface area contributed by atoms with Gasteiger partial charge in [-0.3, -0.25) is 0 Å². The van der Waals surface area contributed by atoms with Crippen LogP contribution >= 0.6 is 0 Å². The summed E-state index contributed by atoms with van der Waals surface area (Å²) in [5.41, 5.74) is 1.50. The zero-order chi connectivity index (χ0) is 13.9. The predicted octanol–water partition coefficient (Wildman–Crippen LogP) is 3.06. The van der Waals surface area contributed by atoms with E-state index in [1.165, 1.54) is 0 Å². The van der Waals surface area contributed by atoms with Crippen LogP contribution in [0, 0.1) is 0 Å². The minimum atomic E-state index is -0.386. The van der Waals surface area contributed by atoms with Crippen molar-refractivity contribution in [3.05, 3.63) is 35.4 Å². The number of isocyanates is 1. The molecule has 1 aliphatic carbocycles. The van der Waals surface area contributed by atoms with Crippen LogP contribution in [0.4, 0.5) is 0 Å². The van der Waals surface area contributed by atoms with Gasteiger partial charge in [0.2, 0.25) is 6.08 Å². The van der Waals surface area contributed by atoms with E-state index < -0.39 is 0 Å². The number of aliphatic hydroxyl groups is 1. The molecule has 0 bridgehead atoms. The van der Waals surface area contributed by atoms with Crippen molar-refractivity contribution in [3.8, 4) is 0 Å². The Labute approximate surface area is 114 Å². The molecule has 0 amide bonds. The summed E-state index contributed by atoms with van der Waals surface area (Å²) in [5.74, 6) is 0. The quantitative estimate of drug-likeness (QED) is 0.667. The molecule has 1 saturated carbocycles. The van der Waals surface area contributed by atoms with E-state index in [1.807, 2.05) is 32.0 Å². The minimum Gasteiger partial charge on any atom is -0.395 e. The molecular weight excluding hydrogens is 238 g/mol. The zero-order valence-corrected chi connectivity index (χ0v) is 11.6. The largest absolute Gasteiger partial charge is 0.395 e. The van der Waals surface area contributed by atoms with Crippen LogP contribution in [0.2, 0.25) is 0 Å². The van der Waals surface area contributed by atoms with E-state index in [0.29, 0.717) is 0 Å². The van der Waals surface area contributed by atoms with Gasteiger partial charge in [0.05, 0.1) is 12.1 Å². The Bertz CT molecular complexity index is 495. The maximum absolute atomic E-state index is 10.7. The third-order valence-electron chi connectivity index (χ3n) is 4.27. The molecule has 1 fully saturated rings. The van der Waals surface area contributed by atoms with Crippen molar-refractivity contribution in [1.82, 2.24) is 0 Å². The first-order valence-electron chi connectivity index (χ1n) is 6.85. The van der Waals surface area contributed by atoms with Crippen molar-refractivity contribution in [1.29, 1.82) is 0 Å². The normalized spacial score (nSPS) is 18.1. The predicted molar refractivity (Wildman–Crippen MR) is 74.8 cm³/mol. The smallest absolute Gasteiger partial charge is 0.235 e. The highest BCUT2D eigenvalue weighted by Gasteiger charge is 2.36. The van der Waals surface area contributed by atoms with Crippen molar-refractivity contribution in [3.63, 3.8) is 0 Å². The van der Waals surface area contributed by atoms with Gasteiger partial charge in [0, 0.05) is 5.41 Å². The van der Waals surface area contributed by atoms with E-state index in [0.717, 1.165) is 36.8 Å². The molecule has 0 heterocycles. The summed E-state index contributed by atoms with van der Waals surface area (Å²) < 4.78 is 0. The Morgan fingerprint density at radius 3 is 2.63 bits per heavy atom. The molecule has 19 heavy (non-hydrogen) atoms. The van der Waals surface area contributed by atoms with Gasteiger partial charge in [0.15, 0.2) is 0 Å². The third-order valence-corrected chi connectivity index (χ3v) is 4.27. The summed E-state index contributed by atoms with van der Waals surface area (Å²) in [6.45, 7) is 4.12. The molecular formula is C16H21NO2. The third kappa shape index (κ3) is 2.63. The molecule has 3 heteroatoms. The van der Waals surface area contributed by atoms with Crippen molar-refractivity contribution in [2.24, 2.45) is 4.99 Å². The van der Waals surface area contributed by atoms with Gasteiger partial charge < -0.3 is 5.11 Å². The molecule has 3 nitrogen and oxygen atoms in total. The van der Waals surface area contributed by atoms with Crippen molar-refractivity contribution in [2.45, 2.75) is 50.5 Å². The number of hydrogen-bond donors (Lipinski definition) is 1. The standard InChI is InChI=1S/C16H21NO2/c1-15(2,11-18)13-6-5-7-14(10-13)16(17-12-19)8-3-4-9-16/h5-7,10,18H,3-4,8-9,11H2,1-2H3. The summed E-state index contributed by atoms with van der Waals surface area (Å²) in [6, 6.07) is 8.13. The summed E-state index contributed by atoms with van der Waals surface area (Å²) in [5, 5.41) is 9.49. The first-order chi connectivity index (χ1) is 9.04. The fraction of sp³-hybridized carbons (Fsp3) is 0.562. The molecule has 0 aromatic heterocycles. The van der Waals surface area contributed by atoms with Crippen LogP contribution in [0.3, 0.4) is 0 Å². The lowest BCUT2D eigenvalue weighted by molar-refractivity contribution is 0.218. The van der Waals surface area contributed by atoms with Gasteiger partial charge in [0.25, 0.3) is 0 Å². The van der Waals surface area contributed by atoms with Crippen LogP contribution < -0.4 is 0 Å². The van der Waals surface area contributed by atoms with Gasteiger partial charge in [-0.05, 0) is 24.0 Å². The lowest BCUT2D eigenvalue weighted by Crippen LogP contribution is -2.24. The van der Waals surface area contributed by atoms with Gasteiger partial charge in [0.1, 0.15) is 0 Å². The second-order valence-electron chi connectivity index (χ2n) is 6.06. The maximum atomic E-state index is 10.7. The van der Waals surface area contributed by atoms with Crippen LogP contribution in [0.25, 0.3) is 0 Å². The molecule has 0 spiro atoms. The molecule has 2 rings (SSSR count). The van der Waals surface area contributed by atoms with E-state index in [-0.39, 0.29) is 17.6 Å². The molecule has 1 aliphatic rings. The van der Waals surface area contributed by atoms with E-state index in [4.69, 9.17) is 0 Å². The Balaban J connectivity index is 2.45. The first-order valence-corrected chi connectivity index (χ1v) is 6.85.